The lowest BCUT2D eigenvalue weighted by atomic mass is 10.3. The van der Waals surface area contributed by atoms with Gasteiger partial charge in [0.25, 0.3) is 0 Å². The molecule has 4 nitrogen and oxygen atoms in total. The van der Waals surface area contributed by atoms with Gasteiger partial charge in [-0.2, -0.15) is 0 Å². The van der Waals surface area contributed by atoms with Crippen LogP contribution in [0.3, 0.4) is 0 Å². The first-order valence-corrected chi connectivity index (χ1v) is 3.01. The van der Waals surface area contributed by atoms with Crippen LogP contribution in [0.5, 0.6) is 0 Å². The maximum atomic E-state index is 10.3. The van der Waals surface area contributed by atoms with Crippen molar-refractivity contribution in [2.45, 2.75) is 19.4 Å². The largest absolute Gasteiger partial charge is 0.461 e. The highest BCUT2D eigenvalue weighted by molar-refractivity contribution is 5.66. The molecule has 0 bridgehead atoms. The molecule has 0 aliphatic rings. The van der Waals surface area contributed by atoms with Crippen LogP contribution in [0.1, 0.15) is 13.3 Å². The van der Waals surface area contributed by atoms with E-state index < -0.39 is 12.1 Å². The van der Waals surface area contributed by atoms with Gasteiger partial charge in [0.2, 0.25) is 0 Å². The second kappa shape index (κ2) is 4.93. The second-order valence-corrected chi connectivity index (χ2v) is 1.87. The molecule has 0 fully saturated rings. The molecule has 0 aromatic rings. The number of nitrogens with two attached hydrogens (primary N) is 1. The normalized spacial score (nSPS) is 12.2. The van der Waals surface area contributed by atoms with Crippen molar-refractivity contribution in [1.29, 1.82) is 0 Å². The van der Waals surface area contributed by atoms with Gasteiger partial charge in [0, 0.05) is 19.9 Å². The van der Waals surface area contributed by atoms with Gasteiger partial charge in [0.05, 0.1) is 0 Å². The van der Waals surface area contributed by atoms with Crippen molar-refractivity contribution in [3.8, 4) is 0 Å². The third-order valence-corrected chi connectivity index (χ3v) is 0.955. The Hall–Kier alpha value is -0.900. The number of ether oxygens (including phenoxy) is 1. The topological polar surface area (TPSA) is 69.4 Å². The van der Waals surface area contributed by atoms with Crippen LogP contribution in [0.2, 0.25) is 0 Å². The minimum Gasteiger partial charge on any atom is -0.461 e. The predicted octanol–water partition coefficient (Wildman–Crippen LogP) is -0.534. The van der Waals surface area contributed by atoms with Gasteiger partial charge >= 0.3 is 5.97 Å². The van der Waals surface area contributed by atoms with E-state index in [9.17, 15) is 9.59 Å². The Morgan fingerprint density at radius 1 is 1.80 bits per heavy atom. The molecule has 0 aliphatic carbocycles. The molecule has 1 unspecified atom stereocenters. The molecule has 0 rings (SSSR count). The van der Waals surface area contributed by atoms with Crippen LogP contribution in [0, 0.1) is 0 Å². The smallest absolute Gasteiger partial charge is 0.302 e. The Bertz CT molecular complexity index is 124. The highest BCUT2D eigenvalue weighted by atomic mass is 16.5. The average molecular weight is 145 g/mol. The van der Waals surface area contributed by atoms with Crippen LogP contribution >= 0.6 is 0 Å². The number of esters is 1. The molecule has 0 saturated heterocycles. The molecule has 2 N–H and O–H groups in total. The van der Waals surface area contributed by atoms with Gasteiger partial charge in [-0.3, -0.25) is 4.79 Å². The fraction of sp³-hybridized carbons (Fsp3) is 0.667. The Morgan fingerprint density at radius 2 is 2.40 bits per heavy atom. The van der Waals surface area contributed by atoms with Crippen LogP contribution in [-0.2, 0) is 14.3 Å². The van der Waals surface area contributed by atoms with E-state index in [1.54, 1.807) is 0 Å². The molecule has 4 heteroatoms. The fourth-order valence-corrected chi connectivity index (χ4v) is 0.534. The highest BCUT2D eigenvalue weighted by Crippen LogP contribution is 1.93. The molecular formula is C6H11NO3. The summed E-state index contributed by atoms with van der Waals surface area (Å²) in [4.78, 5) is 20.2. The van der Waals surface area contributed by atoms with Gasteiger partial charge in [-0.1, -0.05) is 0 Å². The SMILES string of the molecule is CC(=O)OC(CN)CC=O. The van der Waals surface area contributed by atoms with Gasteiger partial charge in [0.1, 0.15) is 12.4 Å². The van der Waals surface area contributed by atoms with Crippen LogP contribution in [-0.4, -0.2) is 24.9 Å². The zero-order chi connectivity index (χ0) is 7.98. The summed E-state index contributed by atoms with van der Waals surface area (Å²) in [5.41, 5.74) is 5.17. The summed E-state index contributed by atoms with van der Waals surface area (Å²) in [5.74, 6) is -0.405. The van der Waals surface area contributed by atoms with Gasteiger partial charge in [-0.25, -0.2) is 0 Å². The van der Waals surface area contributed by atoms with Crippen molar-refractivity contribution >= 4 is 12.3 Å². The number of carbonyl (C=O) groups excluding carboxylic acids is 2. The van der Waals surface area contributed by atoms with Crippen molar-refractivity contribution in [2.75, 3.05) is 6.54 Å². The van der Waals surface area contributed by atoms with Gasteiger partial charge in [-0.15, -0.1) is 0 Å². The third kappa shape index (κ3) is 4.03. The Labute approximate surface area is 59.3 Å². The second-order valence-electron chi connectivity index (χ2n) is 1.87. The van der Waals surface area contributed by atoms with E-state index in [2.05, 4.69) is 4.74 Å². The molecule has 0 heterocycles. The first-order valence-electron chi connectivity index (χ1n) is 3.01. The summed E-state index contributed by atoms with van der Waals surface area (Å²) in [5, 5.41) is 0. The van der Waals surface area contributed by atoms with Gasteiger partial charge < -0.3 is 15.3 Å². The van der Waals surface area contributed by atoms with E-state index in [-0.39, 0.29) is 13.0 Å². The molecule has 0 radical (unpaired) electrons. The summed E-state index contributed by atoms with van der Waals surface area (Å²) in [6, 6.07) is 0. The van der Waals surface area contributed by atoms with E-state index in [0.717, 1.165) is 0 Å². The molecular weight excluding hydrogens is 134 g/mol. The lowest BCUT2D eigenvalue weighted by Gasteiger charge is -2.10. The van der Waals surface area contributed by atoms with Gasteiger partial charge in [-0.05, 0) is 0 Å². The zero-order valence-electron chi connectivity index (χ0n) is 5.87. The minimum absolute atomic E-state index is 0.177. The first kappa shape index (κ1) is 9.10. The lowest BCUT2D eigenvalue weighted by molar-refractivity contribution is -0.146. The van der Waals surface area contributed by atoms with Crippen molar-refractivity contribution in [1.82, 2.24) is 0 Å². The molecule has 0 spiro atoms. The minimum atomic E-state index is -0.449. The quantitative estimate of drug-likeness (QED) is 0.426. The molecule has 0 aromatic heterocycles. The van der Waals surface area contributed by atoms with E-state index in [1.807, 2.05) is 0 Å². The van der Waals surface area contributed by atoms with E-state index >= 15 is 0 Å². The van der Waals surface area contributed by atoms with Crippen molar-refractivity contribution in [3.63, 3.8) is 0 Å². The third-order valence-electron chi connectivity index (χ3n) is 0.955. The Kier molecular flexibility index (Phi) is 4.49. The summed E-state index contributed by atoms with van der Waals surface area (Å²) >= 11 is 0. The van der Waals surface area contributed by atoms with Crippen LogP contribution in [0.25, 0.3) is 0 Å². The first-order chi connectivity index (χ1) is 4.70. The van der Waals surface area contributed by atoms with E-state index in [0.29, 0.717) is 6.29 Å². The number of aldehydes is 1. The monoisotopic (exact) mass is 145 g/mol. The van der Waals surface area contributed by atoms with Crippen molar-refractivity contribution < 1.29 is 14.3 Å². The molecule has 0 saturated carbocycles. The van der Waals surface area contributed by atoms with Crippen molar-refractivity contribution in [3.05, 3.63) is 0 Å². The molecule has 1 atom stereocenters. The number of hydrogen-bond acceptors (Lipinski definition) is 4. The summed E-state index contributed by atoms with van der Waals surface area (Å²) in [6.07, 6.45) is 0.409. The summed E-state index contributed by atoms with van der Waals surface area (Å²) in [7, 11) is 0. The Morgan fingerprint density at radius 3 is 2.70 bits per heavy atom. The lowest BCUT2D eigenvalue weighted by Crippen LogP contribution is -2.25. The van der Waals surface area contributed by atoms with Crippen LogP contribution in [0.4, 0.5) is 0 Å². The van der Waals surface area contributed by atoms with E-state index in [4.69, 9.17) is 5.73 Å². The highest BCUT2D eigenvalue weighted by Gasteiger charge is 2.07. The summed E-state index contributed by atoms with van der Waals surface area (Å²) in [6.45, 7) is 1.48. The molecule has 0 aliphatic heterocycles. The fourth-order valence-electron chi connectivity index (χ4n) is 0.534. The predicted molar refractivity (Wildman–Crippen MR) is 35.3 cm³/mol. The Balaban J connectivity index is 3.59. The summed E-state index contributed by atoms with van der Waals surface area (Å²) < 4.78 is 4.64. The number of carbonyl (C=O) groups is 2. The molecule has 10 heavy (non-hydrogen) atoms. The maximum absolute atomic E-state index is 10.3. The van der Waals surface area contributed by atoms with E-state index in [1.165, 1.54) is 6.92 Å². The maximum Gasteiger partial charge on any atom is 0.302 e. The van der Waals surface area contributed by atoms with Crippen LogP contribution < -0.4 is 5.73 Å². The standard InChI is InChI=1S/C6H11NO3/c1-5(9)10-6(4-7)2-3-8/h3,6H,2,4,7H2,1H3. The molecule has 58 valence electrons. The van der Waals surface area contributed by atoms with Gasteiger partial charge in [0.15, 0.2) is 0 Å². The number of rotatable bonds is 4. The van der Waals surface area contributed by atoms with Crippen molar-refractivity contribution in [2.24, 2.45) is 5.73 Å². The molecule has 0 amide bonds. The zero-order valence-corrected chi connectivity index (χ0v) is 5.87. The number of hydrogen-bond donors (Lipinski definition) is 1. The van der Waals surface area contributed by atoms with Crippen LogP contribution in [0.15, 0.2) is 0 Å². The molecule has 0 aromatic carbocycles. The average Bonchev–Trinajstić information content (AvgIpc) is 1.86.